The molecule has 0 atom stereocenters. The molecule has 0 N–H and O–H groups in total. The number of hydrogen-bond donors (Lipinski definition) is 0. The van der Waals surface area contributed by atoms with Gasteiger partial charge in [0.15, 0.2) is 0 Å². The molecule has 14 heavy (non-hydrogen) atoms. The number of carbonyl (C=O) groups excluding carboxylic acids is 1. The van der Waals surface area contributed by atoms with Crippen LogP contribution < -0.4 is 0 Å². The molecular formula is C9H9ClN2O2. The Kier molecular flexibility index (Phi) is 3.59. The van der Waals surface area contributed by atoms with Crippen molar-refractivity contribution >= 4 is 23.6 Å². The van der Waals surface area contributed by atoms with E-state index in [-0.39, 0.29) is 5.28 Å². The third-order valence-corrected chi connectivity index (χ3v) is 1.77. The molecule has 0 fully saturated rings. The summed E-state index contributed by atoms with van der Waals surface area (Å²) in [6.45, 7) is 1.78. The molecule has 0 amide bonds. The van der Waals surface area contributed by atoms with Crippen molar-refractivity contribution in [2.75, 3.05) is 7.11 Å². The number of carbonyl (C=O) groups is 1. The molecule has 0 spiro atoms. The fourth-order valence-corrected chi connectivity index (χ4v) is 1.01. The lowest BCUT2D eigenvalue weighted by molar-refractivity contribution is -0.134. The van der Waals surface area contributed by atoms with Crippen molar-refractivity contribution in [3.8, 4) is 0 Å². The molecule has 0 unspecified atom stereocenters. The van der Waals surface area contributed by atoms with Gasteiger partial charge in [-0.1, -0.05) is 0 Å². The van der Waals surface area contributed by atoms with Crippen molar-refractivity contribution in [3.05, 3.63) is 28.8 Å². The normalized spacial score (nSPS) is 10.5. The van der Waals surface area contributed by atoms with Gasteiger partial charge in [-0.15, -0.1) is 0 Å². The van der Waals surface area contributed by atoms with Crippen molar-refractivity contribution in [3.63, 3.8) is 0 Å². The predicted octanol–water partition coefficient (Wildman–Crippen LogP) is 1.62. The van der Waals surface area contributed by atoms with Crippen LogP contribution >= 0.6 is 11.6 Å². The lowest BCUT2D eigenvalue weighted by Gasteiger charge is -1.97. The summed E-state index contributed by atoms with van der Waals surface area (Å²) in [5, 5.41) is 0.192. The Morgan fingerprint density at radius 3 is 2.93 bits per heavy atom. The zero-order chi connectivity index (χ0) is 10.6. The molecule has 0 aliphatic rings. The smallest absolute Gasteiger partial charge is 0.330 e. The molecule has 0 saturated carbocycles. The molecule has 74 valence electrons. The van der Waals surface area contributed by atoms with Gasteiger partial charge in [0.1, 0.15) is 0 Å². The van der Waals surface area contributed by atoms with Crippen LogP contribution in [0, 0.1) is 6.92 Å². The average molecular weight is 213 g/mol. The highest BCUT2D eigenvalue weighted by Gasteiger charge is 1.99. The summed E-state index contributed by atoms with van der Waals surface area (Å²) < 4.78 is 4.44. The van der Waals surface area contributed by atoms with Gasteiger partial charge < -0.3 is 4.74 Å². The summed E-state index contributed by atoms with van der Waals surface area (Å²) in [6.07, 6.45) is 4.43. The van der Waals surface area contributed by atoms with Crippen LogP contribution in [0.3, 0.4) is 0 Å². The van der Waals surface area contributed by atoms with E-state index in [4.69, 9.17) is 11.6 Å². The molecule has 0 bridgehead atoms. The minimum atomic E-state index is -0.417. The monoisotopic (exact) mass is 212 g/mol. The van der Waals surface area contributed by atoms with E-state index in [1.54, 1.807) is 19.2 Å². The Morgan fingerprint density at radius 2 is 2.36 bits per heavy atom. The highest BCUT2D eigenvalue weighted by molar-refractivity contribution is 6.28. The van der Waals surface area contributed by atoms with Crippen molar-refractivity contribution in [1.29, 1.82) is 0 Å². The molecule has 0 radical (unpaired) electrons. The fraction of sp³-hybridized carbons (Fsp3) is 0.222. The summed E-state index contributed by atoms with van der Waals surface area (Å²) in [5.41, 5.74) is 1.45. The molecule has 1 rings (SSSR count). The predicted molar refractivity (Wildman–Crippen MR) is 52.8 cm³/mol. The number of methoxy groups -OCH3 is 1. The van der Waals surface area contributed by atoms with Crippen LogP contribution in [0.1, 0.15) is 11.3 Å². The number of rotatable bonds is 2. The molecule has 5 heteroatoms. The molecule has 1 aromatic rings. The van der Waals surface area contributed by atoms with Gasteiger partial charge in [0, 0.05) is 23.5 Å². The van der Waals surface area contributed by atoms with Gasteiger partial charge >= 0.3 is 5.97 Å². The minimum absolute atomic E-state index is 0.192. The van der Waals surface area contributed by atoms with Crippen LogP contribution in [0.15, 0.2) is 12.3 Å². The molecule has 0 aromatic carbocycles. The van der Waals surface area contributed by atoms with E-state index in [9.17, 15) is 4.79 Å². The van der Waals surface area contributed by atoms with Crippen LogP contribution in [0.25, 0.3) is 6.08 Å². The van der Waals surface area contributed by atoms with Crippen molar-refractivity contribution in [2.45, 2.75) is 6.92 Å². The first-order valence-corrected chi connectivity index (χ1v) is 4.26. The van der Waals surface area contributed by atoms with E-state index < -0.39 is 5.97 Å². The summed E-state index contributed by atoms with van der Waals surface area (Å²) in [7, 11) is 1.32. The minimum Gasteiger partial charge on any atom is -0.466 e. The van der Waals surface area contributed by atoms with E-state index in [1.165, 1.54) is 13.2 Å². The number of aromatic nitrogens is 2. The van der Waals surface area contributed by atoms with E-state index >= 15 is 0 Å². The maximum atomic E-state index is 10.8. The summed E-state index contributed by atoms with van der Waals surface area (Å²) in [4.78, 5) is 18.5. The van der Waals surface area contributed by atoms with E-state index in [2.05, 4.69) is 14.7 Å². The highest BCUT2D eigenvalue weighted by atomic mass is 35.5. The summed E-state index contributed by atoms with van der Waals surface area (Å²) in [6, 6.07) is 0. The van der Waals surface area contributed by atoms with Gasteiger partial charge in [-0.3, -0.25) is 0 Å². The molecule has 0 saturated heterocycles. The van der Waals surface area contributed by atoms with Crippen LogP contribution in [-0.2, 0) is 9.53 Å². The average Bonchev–Trinajstić information content (AvgIpc) is 2.16. The lowest BCUT2D eigenvalue weighted by Crippen LogP contribution is -1.95. The number of ether oxygens (including phenoxy) is 1. The van der Waals surface area contributed by atoms with Crippen LogP contribution in [0.5, 0.6) is 0 Å². The second-order valence-corrected chi connectivity index (χ2v) is 2.87. The van der Waals surface area contributed by atoms with Crippen molar-refractivity contribution < 1.29 is 9.53 Å². The van der Waals surface area contributed by atoms with Crippen LogP contribution in [0.4, 0.5) is 0 Å². The van der Waals surface area contributed by atoms with Crippen LogP contribution in [0.2, 0.25) is 5.28 Å². The van der Waals surface area contributed by atoms with Gasteiger partial charge in [-0.25, -0.2) is 14.8 Å². The Bertz CT molecular complexity index is 377. The van der Waals surface area contributed by atoms with E-state index in [1.807, 2.05) is 0 Å². The molecule has 0 aliphatic heterocycles. The van der Waals surface area contributed by atoms with Gasteiger partial charge in [-0.05, 0) is 24.6 Å². The third kappa shape index (κ3) is 2.81. The Balaban J connectivity index is 2.87. The number of nitrogens with zero attached hydrogens (tertiary/aromatic N) is 2. The van der Waals surface area contributed by atoms with E-state index in [0.717, 1.165) is 5.56 Å². The number of esters is 1. The lowest BCUT2D eigenvalue weighted by atomic mass is 10.2. The second-order valence-electron chi connectivity index (χ2n) is 2.54. The number of hydrogen-bond acceptors (Lipinski definition) is 4. The molecule has 0 aliphatic carbocycles. The van der Waals surface area contributed by atoms with Gasteiger partial charge in [0.2, 0.25) is 5.28 Å². The Morgan fingerprint density at radius 1 is 1.64 bits per heavy atom. The Labute approximate surface area is 86.6 Å². The van der Waals surface area contributed by atoms with Gasteiger partial charge in [0.05, 0.1) is 7.11 Å². The number of halogens is 1. The molecule has 1 heterocycles. The molecular weight excluding hydrogens is 204 g/mol. The quantitative estimate of drug-likeness (QED) is 0.425. The second kappa shape index (κ2) is 4.72. The maximum Gasteiger partial charge on any atom is 0.330 e. The van der Waals surface area contributed by atoms with Crippen molar-refractivity contribution in [1.82, 2.24) is 9.97 Å². The largest absolute Gasteiger partial charge is 0.466 e. The van der Waals surface area contributed by atoms with E-state index in [0.29, 0.717) is 5.69 Å². The standard InChI is InChI=1S/C9H9ClN2O2/c1-6-7(3-4-8(13)14-2)5-11-9(10)12-6/h3-5H,1-2H3. The summed E-state index contributed by atoms with van der Waals surface area (Å²) in [5.74, 6) is -0.417. The van der Waals surface area contributed by atoms with Gasteiger partial charge in [0.25, 0.3) is 0 Å². The summed E-state index contributed by atoms with van der Waals surface area (Å²) >= 11 is 5.57. The highest BCUT2D eigenvalue weighted by Crippen LogP contribution is 2.08. The van der Waals surface area contributed by atoms with Crippen molar-refractivity contribution in [2.24, 2.45) is 0 Å². The number of aryl methyl sites for hydroxylation is 1. The van der Waals surface area contributed by atoms with Crippen LogP contribution in [-0.4, -0.2) is 23.0 Å². The Hall–Kier alpha value is -1.42. The first-order valence-electron chi connectivity index (χ1n) is 3.88. The third-order valence-electron chi connectivity index (χ3n) is 1.59. The molecule has 4 nitrogen and oxygen atoms in total. The zero-order valence-corrected chi connectivity index (χ0v) is 8.58. The maximum absolute atomic E-state index is 10.8. The fourth-order valence-electron chi connectivity index (χ4n) is 0.838. The first-order chi connectivity index (χ1) is 6.63. The SMILES string of the molecule is COC(=O)C=Cc1cnc(Cl)nc1C. The first kappa shape index (κ1) is 10.7. The zero-order valence-electron chi connectivity index (χ0n) is 7.82. The topological polar surface area (TPSA) is 52.1 Å². The van der Waals surface area contributed by atoms with Gasteiger partial charge in [-0.2, -0.15) is 0 Å². The molecule has 1 aromatic heterocycles.